The monoisotopic (exact) mass is 331 g/mol. The third kappa shape index (κ3) is 5.07. The van der Waals surface area contributed by atoms with E-state index in [1.165, 1.54) is 24.8 Å². The first kappa shape index (κ1) is 17.0. The number of H-pyrrole nitrogens is 1. The van der Waals surface area contributed by atoms with Crippen LogP contribution in [0, 0.1) is 0 Å². The van der Waals surface area contributed by atoms with Crippen LogP contribution in [0.2, 0.25) is 0 Å². The molecule has 2 rings (SSSR count). The van der Waals surface area contributed by atoms with E-state index in [9.17, 15) is 14.4 Å². The molecule has 0 saturated carbocycles. The summed E-state index contributed by atoms with van der Waals surface area (Å²) in [5, 5.41) is 3.08. The number of aromatic amines is 1. The Morgan fingerprint density at radius 1 is 1.26 bits per heavy atom. The van der Waals surface area contributed by atoms with Crippen LogP contribution < -0.4 is 10.9 Å². The molecular formula is C16H17N3O3S. The number of rotatable bonds is 6. The van der Waals surface area contributed by atoms with Crippen molar-refractivity contribution in [3.05, 3.63) is 51.9 Å². The molecule has 2 aromatic rings. The highest BCUT2D eigenvalue weighted by molar-refractivity contribution is 7.99. The van der Waals surface area contributed by atoms with Gasteiger partial charge in [0.1, 0.15) is 0 Å². The molecule has 0 aliphatic rings. The number of aryl methyl sites for hydroxylation is 1. The van der Waals surface area contributed by atoms with Gasteiger partial charge in [-0.05, 0) is 30.7 Å². The molecule has 0 saturated heterocycles. The lowest BCUT2D eigenvalue weighted by Crippen LogP contribution is -2.11. The summed E-state index contributed by atoms with van der Waals surface area (Å²) >= 11 is 1.20. The Morgan fingerprint density at radius 3 is 2.57 bits per heavy atom. The number of amides is 1. The third-order valence-corrected chi connectivity index (χ3v) is 3.88. The van der Waals surface area contributed by atoms with Crippen molar-refractivity contribution in [1.82, 2.24) is 9.97 Å². The smallest absolute Gasteiger partial charge is 0.251 e. The van der Waals surface area contributed by atoms with Crippen molar-refractivity contribution in [2.75, 3.05) is 11.1 Å². The first-order valence-electron chi connectivity index (χ1n) is 7.12. The summed E-state index contributed by atoms with van der Waals surface area (Å²) in [5.41, 5.74) is 1.67. The molecule has 1 aromatic carbocycles. The molecule has 7 heteroatoms. The van der Waals surface area contributed by atoms with Gasteiger partial charge in [-0.2, -0.15) is 0 Å². The normalized spacial score (nSPS) is 10.3. The highest BCUT2D eigenvalue weighted by Crippen LogP contribution is 2.16. The van der Waals surface area contributed by atoms with Crippen molar-refractivity contribution < 1.29 is 9.59 Å². The number of ketones is 1. The van der Waals surface area contributed by atoms with Crippen LogP contribution in [0.4, 0.5) is 5.69 Å². The highest BCUT2D eigenvalue weighted by atomic mass is 32.2. The number of thioether (sulfide) groups is 1. The minimum absolute atomic E-state index is 0.0751. The molecule has 0 unspecified atom stereocenters. The van der Waals surface area contributed by atoms with E-state index in [-0.39, 0.29) is 23.0 Å². The zero-order chi connectivity index (χ0) is 16.8. The lowest BCUT2D eigenvalue weighted by molar-refractivity contribution is -0.114. The van der Waals surface area contributed by atoms with Gasteiger partial charge in [-0.15, -0.1) is 0 Å². The molecule has 0 spiro atoms. The second-order valence-electron chi connectivity index (χ2n) is 4.87. The van der Waals surface area contributed by atoms with Crippen LogP contribution in [0.3, 0.4) is 0 Å². The molecule has 0 radical (unpaired) electrons. The van der Waals surface area contributed by atoms with Crippen molar-refractivity contribution >= 4 is 29.1 Å². The van der Waals surface area contributed by atoms with Gasteiger partial charge >= 0.3 is 0 Å². The number of benzene rings is 1. The van der Waals surface area contributed by atoms with E-state index < -0.39 is 0 Å². The number of hydrogen-bond acceptors (Lipinski definition) is 5. The van der Waals surface area contributed by atoms with Crippen LogP contribution >= 0.6 is 11.8 Å². The zero-order valence-electron chi connectivity index (χ0n) is 12.9. The fourth-order valence-electron chi connectivity index (χ4n) is 1.89. The van der Waals surface area contributed by atoms with Crippen LogP contribution in [0.5, 0.6) is 0 Å². The Labute approximate surface area is 137 Å². The molecule has 2 N–H and O–H groups in total. The van der Waals surface area contributed by atoms with Crippen LogP contribution in [-0.4, -0.2) is 27.4 Å². The predicted octanol–water partition coefficient (Wildman–Crippen LogP) is 2.27. The molecule has 0 aliphatic carbocycles. The number of aromatic nitrogens is 2. The minimum atomic E-state index is -0.216. The predicted molar refractivity (Wildman–Crippen MR) is 90.0 cm³/mol. The Balaban J connectivity index is 2.00. The average Bonchev–Trinajstić information content (AvgIpc) is 2.52. The third-order valence-electron chi connectivity index (χ3n) is 3.00. The van der Waals surface area contributed by atoms with Gasteiger partial charge in [0.15, 0.2) is 10.9 Å². The van der Waals surface area contributed by atoms with E-state index in [2.05, 4.69) is 15.3 Å². The number of nitrogens with zero attached hydrogens (tertiary/aromatic N) is 1. The van der Waals surface area contributed by atoms with Crippen molar-refractivity contribution in [1.29, 1.82) is 0 Å². The maximum Gasteiger partial charge on any atom is 0.251 e. The molecule has 6 nitrogen and oxygen atoms in total. The van der Waals surface area contributed by atoms with Crippen molar-refractivity contribution in [2.24, 2.45) is 0 Å². The fraction of sp³-hybridized carbons (Fsp3) is 0.250. The summed E-state index contributed by atoms with van der Waals surface area (Å²) in [6.45, 7) is 3.34. The minimum Gasteiger partial charge on any atom is -0.326 e. The van der Waals surface area contributed by atoms with Crippen LogP contribution in [0.25, 0.3) is 0 Å². The summed E-state index contributed by atoms with van der Waals surface area (Å²) in [6.07, 6.45) is 0.663. The lowest BCUT2D eigenvalue weighted by atomic mass is 10.1. The molecule has 0 bridgehead atoms. The first-order chi connectivity index (χ1) is 11.0. The topological polar surface area (TPSA) is 91.9 Å². The number of nitrogens with one attached hydrogen (secondary N) is 2. The SMILES string of the molecule is CCc1cc(=O)[nH]c(SCC(=O)c2ccc(NC(C)=O)cc2)n1. The summed E-state index contributed by atoms with van der Waals surface area (Å²) < 4.78 is 0. The maximum atomic E-state index is 12.2. The van der Waals surface area contributed by atoms with E-state index in [0.717, 1.165) is 0 Å². The van der Waals surface area contributed by atoms with Crippen molar-refractivity contribution in [2.45, 2.75) is 25.4 Å². The van der Waals surface area contributed by atoms with Gasteiger partial charge in [0.2, 0.25) is 5.91 Å². The van der Waals surface area contributed by atoms with Gasteiger partial charge in [0.05, 0.1) is 5.75 Å². The summed E-state index contributed by atoms with van der Waals surface area (Å²) in [5.74, 6) is -0.0605. The molecule has 0 atom stereocenters. The lowest BCUT2D eigenvalue weighted by Gasteiger charge is -2.05. The molecule has 1 heterocycles. The second-order valence-corrected chi connectivity index (χ2v) is 5.83. The Morgan fingerprint density at radius 2 is 1.96 bits per heavy atom. The molecule has 1 amide bonds. The summed E-state index contributed by atoms with van der Waals surface area (Å²) in [4.78, 5) is 41.5. The molecular weight excluding hydrogens is 314 g/mol. The van der Waals surface area contributed by atoms with E-state index in [1.807, 2.05) is 6.92 Å². The van der Waals surface area contributed by atoms with Gasteiger partial charge in [0.25, 0.3) is 5.56 Å². The summed E-state index contributed by atoms with van der Waals surface area (Å²) in [7, 11) is 0. The fourth-order valence-corrected chi connectivity index (χ4v) is 2.68. The standard InChI is InChI=1S/C16H17N3O3S/c1-3-12-8-15(22)19-16(18-12)23-9-14(21)11-4-6-13(7-5-11)17-10(2)20/h4-8H,3,9H2,1-2H3,(H,17,20)(H,18,19,22). The van der Waals surface area contributed by atoms with Crippen LogP contribution in [-0.2, 0) is 11.2 Å². The second kappa shape index (κ2) is 7.73. The van der Waals surface area contributed by atoms with Crippen molar-refractivity contribution in [3.8, 4) is 0 Å². The number of Topliss-reactive ketones (excluding diaryl/α,β-unsaturated/α-hetero) is 1. The summed E-state index contributed by atoms with van der Waals surface area (Å²) in [6, 6.07) is 8.13. The van der Waals surface area contributed by atoms with E-state index in [0.29, 0.717) is 28.5 Å². The molecule has 1 aromatic heterocycles. The Bertz CT molecular complexity index is 769. The van der Waals surface area contributed by atoms with Gasteiger partial charge < -0.3 is 10.3 Å². The van der Waals surface area contributed by atoms with E-state index in [4.69, 9.17) is 0 Å². The van der Waals surface area contributed by atoms with Gasteiger partial charge in [-0.3, -0.25) is 14.4 Å². The Kier molecular flexibility index (Phi) is 5.70. The average molecular weight is 331 g/mol. The van der Waals surface area contributed by atoms with E-state index in [1.54, 1.807) is 24.3 Å². The van der Waals surface area contributed by atoms with E-state index >= 15 is 0 Å². The Hall–Kier alpha value is -2.41. The molecule has 0 fully saturated rings. The van der Waals surface area contributed by atoms with Crippen LogP contribution in [0.15, 0.2) is 40.3 Å². The largest absolute Gasteiger partial charge is 0.326 e. The quantitative estimate of drug-likeness (QED) is 0.481. The van der Waals surface area contributed by atoms with Gasteiger partial charge in [0, 0.05) is 29.9 Å². The van der Waals surface area contributed by atoms with Crippen LogP contribution in [0.1, 0.15) is 29.9 Å². The number of anilines is 1. The maximum absolute atomic E-state index is 12.2. The molecule has 23 heavy (non-hydrogen) atoms. The first-order valence-corrected chi connectivity index (χ1v) is 8.10. The number of carbonyl (C=O) groups excluding carboxylic acids is 2. The zero-order valence-corrected chi connectivity index (χ0v) is 13.7. The van der Waals surface area contributed by atoms with Gasteiger partial charge in [-0.1, -0.05) is 18.7 Å². The van der Waals surface area contributed by atoms with Gasteiger partial charge in [-0.25, -0.2) is 4.98 Å². The number of carbonyl (C=O) groups is 2. The molecule has 0 aliphatic heterocycles. The molecule has 120 valence electrons. The highest BCUT2D eigenvalue weighted by Gasteiger charge is 2.09. The number of hydrogen-bond donors (Lipinski definition) is 2. The van der Waals surface area contributed by atoms with Crippen molar-refractivity contribution in [3.63, 3.8) is 0 Å².